The Hall–Kier alpha value is -3.50. The molecule has 0 aromatic heterocycles. The van der Waals surface area contributed by atoms with Crippen molar-refractivity contribution >= 4 is 39.5 Å². The van der Waals surface area contributed by atoms with Crippen molar-refractivity contribution in [2.24, 2.45) is 0 Å². The topological polar surface area (TPSA) is 237 Å². The van der Waals surface area contributed by atoms with Gasteiger partial charge in [0.2, 0.25) is 0 Å². The molecule has 19 heteroatoms. The van der Waals surface area contributed by atoms with Crippen LogP contribution in [0.2, 0.25) is 0 Å². The number of aliphatic hydroxyl groups is 1. The molecule has 5 unspecified atom stereocenters. The molecule has 3 N–H and O–H groups in total. The number of carbonyl (C=O) groups is 4. The van der Waals surface area contributed by atoms with Gasteiger partial charge in [0.05, 0.1) is 26.4 Å². The Morgan fingerprint density at radius 1 is 0.275 bits per heavy atom. The van der Waals surface area contributed by atoms with Gasteiger partial charge in [-0.2, -0.15) is 0 Å². The normalized spacial score (nSPS) is 14.2. The Morgan fingerprint density at radius 3 is 0.755 bits per heavy atom. The molecule has 0 aliphatic rings. The van der Waals surface area contributed by atoms with E-state index in [2.05, 4.69) is 101 Å². The van der Waals surface area contributed by atoms with Crippen LogP contribution in [0.3, 0.4) is 0 Å². The summed E-state index contributed by atoms with van der Waals surface area (Å²) < 4.78 is 68.6. The smallest absolute Gasteiger partial charge is 0.462 e. The maximum atomic E-state index is 13.1. The van der Waals surface area contributed by atoms with Crippen LogP contribution in [0.1, 0.15) is 374 Å². The molecule has 102 heavy (non-hydrogen) atoms. The van der Waals surface area contributed by atoms with Crippen LogP contribution in [-0.4, -0.2) is 96.7 Å². The highest BCUT2D eigenvalue weighted by molar-refractivity contribution is 7.47. The number of aliphatic hydroxyl groups excluding tert-OH is 1. The number of allylic oxidation sites excluding steroid dienone is 12. The highest BCUT2D eigenvalue weighted by Gasteiger charge is 2.30. The molecule has 594 valence electrons. The molecule has 0 bridgehead atoms. The fourth-order valence-electron chi connectivity index (χ4n) is 11.4. The molecule has 0 spiro atoms. The van der Waals surface area contributed by atoms with Gasteiger partial charge in [0.15, 0.2) is 12.2 Å². The summed E-state index contributed by atoms with van der Waals surface area (Å²) in [5.41, 5.74) is 0. The van der Waals surface area contributed by atoms with Crippen molar-refractivity contribution in [1.82, 2.24) is 0 Å². The van der Waals surface area contributed by atoms with E-state index >= 15 is 0 Å². The van der Waals surface area contributed by atoms with E-state index in [4.69, 9.17) is 37.0 Å². The molecule has 5 atom stereocenters. The summed E-state index contributed by atoms with van der Waals surface area (Å²) in [7, 11) is -9.95. The molecule has 0 amide bonds. The highest BCUT2D eigenvalue weighted by Crippen LogP contribution is 2.45. The van der Waals surface area contributed by atoms with Crippen molar-refractivity contribution in [3.63, 3.8) is 0 Å². The maximum absolute atomic E-state index is 13.1. The first-order chi connectivity index (χ1) is 49.7. The number of unbranched alkanes of at least 4 members (excludes halogenated alkanes) is 40. The van der Waals surface area contributed by atoms with Crippen molar-refractivity contribution < 1.29 is 80.2 Å². The molecule has 0 radical (unpaired) electrons. The molecule has 0 saturated heterocycles. The second-order valence-electron chi connectivity index (χ2n) is 27.7. The molecular formula is C83H150O17P2. The maximum Gasteiger partial charge on any atom is 0.472 e. The van der Waals surface area contributed by atoms with Gasteiger partial charge in [0.25, 0.3) is 0 Å². The zero-order valence-corrected chi connectivity index (χ0v) is 66.8. The van der Waals surface area contributed by atoms with E-state index in [0.29, 0.717) is 25.7 Å². The molecule has 17 nitrogen and oxygen atoms in total. The predicted octanol–water partition coefficient (Wildman–Crippen LogP) is 24.0. The zero-order valence-electron chi connectivity index (χ0n) is 65.0. The Labute approximate surface area is 622 Å². The second kappa shape index (κ2) is 75.7. The lowest BCUT2D eigenvalue weighted by Crippen LogP contribution is -2.30. The summed E-state index contributed by atoms with van der Waals surface area (Å²) in [5.74, 6) is -2.17. The van der Waals surface area contributed by atoms with E-state index in [-0.39, 0.29) is 25.7 Å². The molecular weight excluding hydrogens is 1330 g/mol. The van der Waals surface area contributed by atoms with Crippen molar-refractivity contribution in [3.8, 4) is 0 Å². The highest BCUT2D eigenvalue weighted by atomic mass is 31.2. The van der Waals surface area contributed by atoms with Crippen molar-refractivity contribution in [2.45, 2.75) is 393 Å². The average Bonchev–Trinajstić information content (AvgIpc) is 0.940. The average molecular weight is 1480 g/mol. The first-order valence-corrected chi connectivity index (χ1v) is 44.2. The molecule has 0 aliphatic carbocycles. The summed E-state index contributed by atoms with van der Waals surface area (Å²) in [6, 6.07) is 0. The number of phosphoric acid groups is 2. The predicted molar refractivity (Wildman–Crippen MR) is 418 cm³/mol. The van der Waals surface area contributed by atoms with Gasteiger partial charge in [-0.1, -0.05) is 319 Å². The Kier molecular flexibility index (Phi) is 73.1. The lowest BCUT2D eigenvalue weighted by atomic mass is 10.0. The van der Waals surface area contributed by atoms with Gasteiger partial charge in [0, 0.05) is 25.7 Å². The fourth-order valence-corrected chi connectivity index (χ4v) is 12.9. The fraction of sp³-hybridized carbons (Fsp3) is 0.807. The lowest BCUT2D eigenvalue weighted by molar-refractivity contribution is -0.161. The molecule has 0 aromatic carbocycles. The molecule has 0 rings (SSSR count). The Morgan fingerprint density at radius 2 is 0.480 bits per heavy atom. The van der Waals surface area contributed by atoms with Crippen LogP contribution >= 0.6 is 15.6 Å². The molecule has 0 aromatic rings. The molecule has 0 fully saturated rings. The van der Waals surface area contributed by atoms with Crippen LogP contribution in [0, 0.1) is 0 Å². The quantitative estimate of drug-likeness (QED) is 0.0169. The summed E-state index contributed by atoms with van der Waals surface area (Å²) in [5, 5.41) is 10.6. The molecule has 0 heterocycles. The first-order valence-electron chi connectivity index (χ1n) is 41.2. The van der Waals surface area contributed by atoms with Crippen LogP contribution in [0.15, 0.2) is 72.9 Å². The number of rotatable bonds is 78. The molecule has 0 saturated carbocycles. The van der Waals surface area contributed by atoms with Crippen LogP contribution in [0.4, 0.5) is 0 Å². The monoisotopic (exact) mass is 1480 g/mol. The number of hydrogen-bond acceptors (Lipinski definition) is 15. The van der Waals surface area contributed by atoms with E-state index in [1.165, 1.54) is 135 Å². The van der Waals surface area contributed by atoms with Crippen LogP contribution in [0.25, 0.3) is 0 Å². The third-order valence-electron chi connectivity index (χ3n) is 17.7. The third-order valence-corrected chi connectivity index (χ3v) is 19.6. The van der Waals surface area contributed by atoms with Gasteiger partial charge >= 0.3 is 39.5 Å². The van der Waals surface area contributed by atoms with Gasteiger partial charge < -0.3 is 33.8 Å². The first kappa shape index (κ1) is 98.5. The Bertz CT molecular complexity index is 2210. The number of hydrogen-bond donors (Lipinski definition) is 3. The van der Waals surface area contributed by atoms with Crippen molar-refractivity contribution in [2.75, 3.05) is 39.6 Å². The van der Waals surface area contributed by atoms with E-state index in [1.54, 1.807) is 0 Å². The largest absolute Gasteiger partial charge is 0.472 e. The number of ether oxygens (including phenoxy) is 4. The summed E-state index contributed by atoms with van der Waals surface area (Å²) in [6.07, 6.45) is 77.3. The standard InChI is InChI=1S/C83H150O17P2/c1-5-9-13-17-21-25-29-32-34-36-38-40-42-45-49-52-56-60-64-68-81(86)94-74-79(100-83(88)70-66-62-58-54-50-46-43-41-39-37-35-33-30-26-22-18-14-10-6-2)76-98-102(91,92)96-72-77(84)71-95-101(89,90)97-75-78(99-82(87)69-65-61-57-53-47-28-24-20-16-12-8-4)73-93-80(85)67-63-59-55-51-48-44-31-27-23-19-15-11-7-3/h21-22,25-26,32-35,38-41,77-79,84H,5-20,23-24,27-31,36-37,42-76H2,1-4H3,(H,89,90)(H,91,92)/b25-21-,26-22-,34-32-,35-33-,40-38-,41-39-. The van der Waals surface area contributed by atoms with E-state index in [0.717, 1.165) is 161 Å². The van der Waals surface area contributed by atoms with Gasteiger partial charge in [-0.25, -0.2) is 9.13 Å². The van der Waals surface area contributed by atoms with Crippen molar-refractivity contribution in [1.29, 1.82) is 0 Å². The van der Waals surface area contributed by atoms with Crippen LogP contribution < -0.4 is 0 Å². The van der Waals surface area contributed by atoms with Crippen molar-refractivity contribution in [3.05, 3.63) is 72.9 Å². The van der Waals surface area contributed by atoms with E-state index in [1.807, 2.05) is 0 Å². The Balaban J connectivity index is 5.33. The minimum atomic E-state index is -4.98. The minimum Gasteiger partial charge on any atom is -0.462 e. The SMILES string of the molecule is CCCCC/C=C\C/C=C\C/C=C\CCCCCCCCC(=O)OCC(COP(=O)(O)OCC(O)COP(=O)(O)OCC(COC(=O)CCCCCCCCCCCCCCC)OC(=O)CCCCCCCCCCCCC)OC(=O)CCCCCCCC/C=C\C/C=C\C/C=C\CCCCC. The summed E-state index contributed by atoms with van der Waals surface area (Å²) >= 11 is 0. The number of esters is 4. The number of carbonyl (C=O) groups excluding carboxylic acids is 4. The second-order valence-corrected chi connectivity index (χ2v) is 30.6. The lowest BCUT2D eigenvalue weighted by Gasteiger charge is -2.21. The van der Waals surface area contributed by atoms with Gasteiger partial charge in [-0.3, -0.25) is 37.3 Å². The summed E-state index contributed by atoms with van der Waals surface area (Å²) in [4.78, 5) is 73.0. The summed E-state index contributed by atoms with van der Waals surface area (Å²) in [6.45, 7) is 4.85. The third kappa shape index (κ3) is 74.8. The minimum absolute atomic E-state index is 0.0799. The number of phosphoric ester groups is 2. The molecule has 0 aliphatic heterocycles. The van der Waals surface area contributed by atoms with Gasteiger partial charge in [-0.15, -0.1) is 0 Å². The van der Waals surface area contributed by atoms with Crippen LogP contribution in [-0.2, 0) is 65.4 Å². The zero-order chi connectivity index (χ0) is 74.6. The van der Waals surface area contributed by atoms with E-state index in [9.17, 15) is 43.2 Å². The van der Waals surface area contributed by atoms with Gasteiger partial charge in [-0.05, 0) is 103 Å². The van der Waals surface area contributed by atoms with E-state index < -0.39 is 97.5 Å². The van der Waals surface area contributed by atoms with Gasteiger partial charge in [0.1, 0.15) is 19.3 Å². The van der Waals surface area contributed by atoms with Crippen LogP contribution in [0.5, 0.6) is 0 Å².